The summed E-state index contributed by atoms with van der Waals surface area (Å²) >= 11 is 0. The number of rotatable bonds is 3. The highest BCUT2D eigenvalue weighted by molar-refractivity contribution is 5.88. The van der Waals surface area contributed by atoms with Crippen LogP contribution < -0.4 is 4.74 Å². The van der Waals surface area contributed by atoms with Gasteiger partial charge in [0.2, 0.25) is 5.88 Å². The second-order valence-corrected chi connectivity index (χ2v) is 4.02. The van der Waals surface area contributed by atoms with Gasteiger partial charge in [0, 0.05) is 10.8 Å². The second-order valence-electron chi connectivity index (χ2n) is 4.02. The van der Waals surface area contributed by atoms with Gasteiger partial charge in [0.15, 0.2) is 0 Å². The smallest absolute Gasteiger partial charge is 0.241 e. The van der Waals surface area contributed by atoms with E-state index in [2.05, 4.69) is 30.1 Å². The van der Waals surface area contributed by atoms with Crippen LogP contribution in [-0.4, -0.2) is 16.8 Å². The van der Waals surface area contributed by atoms with Crippen LogP contribution in [0.3, 0.4) is 0 Å². The average molecular weight is 216 g/mol. The van der Waals surface area contributed by atoms with E-state index in [-0.39, 0.29) is 0 Å². The molecule has 1 aromatic heterocycles. The fourth-order valence-electron chi connectivity index (χ4n) is 1.77. The number of fused-ring (bicyclic) bond motifs is 1. The Bertz CT molecular complexity index is 494. The maximum atomic E-state index is 5.48. The lowest BCUT2D eigenvalue weighted by atomic mass is 10.0. The second kappa shape index (κ2) is 4.47. The number of benzene rings is 1. The van der Waals surface area contributed by atoms with Crippen molar-refractivity contribution < 1.29 is 4.74 Å². The van der Waals surface area contributed by atoms with E-state index in [0.717, 1.165) is 16.5 Å². The maximum Gasteiger partial charge on any atom is 0.241 e. The highest BCUT2D eigenvalue weighted by Gasteiger charge is 2.11. The third-order valence-electron chi connectivity index (χ3n) is 2.51. The van der Waals surface area contributed by atoms with Crippen LogP contribution >= 0.6 is 0 Å². The fraction of sp³-hybridized carbons (Fsp3) is 0.385. The predicted molar refractivity (Wildman–Crippen MR) is 64.8 cm³/mol. The Hall–Kier alpha value is -1.64. The zero-order valence-corrected chi connectivity index (χ0v) is 9.90. The van der Waals surface area contributed by atoms with Crippen LogP contribution in [0.2, 0.25) is 0 Å². The van der Waals surface area contributed by atoms with E-state index < -0.39 is 0 Å². The van der Waals surface area contributed by atoms with Gasteiger partial charge in [-0.05, 0) is 18.9 Å². The molecule has 0 bridgehead atoms. The third-order valence-corrected chi connectivity index (χ3v) is 2.51. The molecule has 16 heavy (non-hydrogen) atoms. The molecule has 3 heteroatoms. The van der Waals surface area contributed by atoms with Crippen molar-refractivity contribution in [2.24, 2.45) is 0 Å². The Morgan fingerprint density at radius 2 is 1.81 bits per heavy atom. The topological polar surface area (TPSA) is 35.0 Å². The van der Waals surface area contributed by atoms with Crippen molar-refractivity contribution in [2.75, 3.05) is 6.61 Å². The van der Waals surface area contributed by atoms with Crippen LogP contribution in [0.4, 0.5) is 0 Å². The zero-order valence-electron chi connectivity index (χ0n) is 9.90. The summed E-state index contributed by atoms with van der Waals surface area (Å²) in [6.45, 7) is 6.81. The van der Waals surface area contributed by atoms with Gasteiger partial charge in [0.25, 0.3) is 0 Å². The first kappa shape index (κ1) is 10.9. The van der Waals surface area contributed by atoms with E-state index in [1.165, 1.54) is 0 Å². The van der Waals surface area contributed by atoms with E-state index >= 15 is 0 Å². The van der Waals surface area contributed by atoms with Crippen LogP contribution in [0.25, 0.3) is 10.8 Å². The lowest BCUT2D eigenvalue weighted by Gasteiger charge is -2.10. The lowest BCUT2D eigenvalue weighted by Crippen LogP contribution is -2.02. The Balaban J connectivity index is 2.67. The molecule has 0 N–H and O–H groups in total. The Kier molecular flexibility index (Phi) is 3.04. The quantitative estimate of drug-likeness (QED) is 0.790. The first-order valence-electron chi connectivity index (χ1n) is 5.62. The van der Waals surface area contributed by atoms with Gasteiger partial charge >= 0.3 is 0 Å². The molecule has 3 nitrogen and oxygen atoms in total. The summed E-state index contributed by atoms with van der Waals surface area (Å²) in [7, 11) is 0. The SMILES string of the molecule is CCOc1nnc(C(C)C)c2ccccc12. The molecule has 0 unspecified atom stereocenters. The van der Waals surface area contributed by atoms with E-state index in [9.17, 15) is 0 Å². The number of hydrogen-bond acceptors (Lipinski definition) is 3. The zero-order chi connectivity index (χ0) is 11.5. The van der Waals surface area contributed by atoms with Gasteiger partial charge in [0.1, 0.15) is 0 Å². The first-order valence-corrected chi connectivity index (χ1v) is 5.62. The summed E-state index contributed by atoms with van der Waals surface area (Å²) in [4.78, 5) is 0. The number of nitrogens with zero attached hydrogens (tertiary/aromatic N) is 2. The molecule has 1 heterocycles. The largest absolute Gasteiger partial charge is 0.476 e. The maximum absolute atomic E-state index is 5.48. The Labute approximate surface area is 95.5 Å². The average Bonchev–Trinajstić information content (AvgIpc) is 2.29. The molecule has 0 radical (unpaired) electrons. The molecule has 0 aliphatic carbocycles. The summed E-state index contributed by atoms with van der Waals surface area (Å²) in [5.74, 6) is 0.996. The van der Waals surface area contributed by atoms with Crippen molar-refractivity contribution in [1.82, 2.24) is 10.2 Å². The standard InChI is InChI=1S/C13H16N2O/c1-4-16-13-11-8-6-5-7-10(11)12(9(2)3)14-15-13/h5-9H,4H2,1-3H3. The van der Waals surface area contributed by atoms with Gasteiger partial charge < -0.3 is 4.74 Å². The van der Waals surface area contributed by atoms with Gasteiger partial charge in [-0.2, -0.15) is 5.10 Å². The van der Waals surface area contributed by atoms with E-state index in [1.807, 2.05) is 25.1 Å². The van der Waals surface area contributed by atoms with Gasteiger partial charge in [-0.15, -0.1) is 5.10 Å². The molecule has 84 valence electrons. The summed E-state index contributed by atoms with van der Waals surface area (Å²) in [5, 5.41) is 10.6. The van der Waals surface area contributed by atoms with Crippen LogP contribution in [0.5, 0.6) is 5.88 Å². The molecule has 0 amide bonds. The number of aromatic nitrogens is 2. The molecule has 0 saturated heterocycles. The molecule has 0 fully saturated rings. The molecule has 0 spiro atoms. The number of hydrogen-bond donors (Lipinski definition) is 0. The van der Waals surface area contributed by atoms with Crippen LogP contribution in [0, 0.1) is 0 Å². The van der Waals surface area contributed by atoms with Crippen molar-refractivity contribution >= 4 is 10.8 Å². The molecule has 0 atom stereocenters. The number of ether oxygens (including phenoxy) is 1. The normalized spacial score (nSPS) is 11.0. The molecule has 2 aromatic rings. The van der Waals surface area contributed by atoms with E-state index in [4.69, 9.17) is 4.74 Å². The molecule has 0 aliphatic heterocycles. The van der Waals surface area contributed by atoms with Gasteiger partial charge in [-0.3, -0.25) is 0 Å². The first-order chi connectivity index (χ1) is 7.74. The van der Waals surface area contributed by atoms with Crippen LogP contribution in [-0.2, 0) is 0 Å². The molecule has 0 aliphatic rings. The Morgan fingerprint density at radius 3 is 2.44 bits per heavy atom. The highest BCUT2D eigenvalue weighted by atomic mass is 16.5. The third kappa shape index (κ3) is 1.85. The minimum Gasteiger partial charge on any atom is -0.476 e. The van der Waals surface area contributed by atoms with Crippen molar-refractivity contribution in [3.8, 4) is 5.88 Å². The molecule has 1 aromatic carbocycles. The minimum absolute atomic E-state index is 0.369. The van der Waals surface area contributed by atoms with E-state index in [1.54, 1.807) is 0 Å². The summed E-state index contributed by atoms with van der Waals surface area (Å²) in [5.41, 5.74) is 1.03. The summed E-state index contributed by atoms with van der Waals surface area (Å²) in [6.07, 6.45) is 0. The Morgan fingerprint density at radius 1 is 1.12 bits per heavy atom. The fourth-order valence-corrected chi connectivity index (χ4v) is 1.77. The highest BCUT2D eigenvalue weighted by Crippen LogP contribution is 2.28. The van der Waals surface area contributed by atoms with Gasteiger partial charge in [-0.25, -0.2) is 0 Å². The van der Waals surface area contributed by atoms with Gasteiger partial charge in [0.05, 0.1) is 12.3 Å². The van der Waals surface area contributed by atoms with Crippen molar-refractivity contribution in [2.45, 2.75) is 26.7 Å². The summed E-state index contributed by atoms with van der Waals surface area (Å²) in [6, 6.07) is 8.12. The summed E-state index contributed by atoms with van der Waals surface area (Å²) < 4.78 is 5.48. The van der Waals surface area contributed by atoms with Crippen molar-refractivity contribution in [3.63, 3.8) is 0 Å². The van der Waals surface area contributed by atoms with E-state index in [0.29, 0.717) is 18.4 Å². The monoisotopic (exact) mass is 216 g/mol. The van der Waals surface area contributed by atoms with Crippen molar-refractivity contribution in [1.29, 1.82) is 0 Å². The van der Waals surface area contributed by atoms with Gasteiger partial charge in [-0.1, -0.05) is 32.0 Å². The van der Waals surface area contributed by atoms with Crippen LogP contribution in [0.15, 0.2) is 24.3 Å². The van der Waals surface area contributed by atoms with Crippen LogP contribution in [0.1, 0.15) is 32.4 Å². The molecule has 2 rings (SSSR count). The van der Waals surface area contributed by atoms with Crippen molar-refractivity contribution in [3.05, 3.63) is 30.0 Å². The lowest BCUT2D eigenvalue weighted by molar-refractivity contribution is 0.327. The molecular formula is C13H16N2O. The minimum atomic E-state index is 0.369. The predicted octanol–water partition coefficient (Wildman–Crippen LogP) is 3.15. The molecular weight excluding hydrogens is 200 g/mol. The molecule has 0 saturated carbocycles.